The fourth-order valence-electron chi connectivity index (χ4n) is 2.82. The molecule has 0 bridgehead atoms. The molecule has 5 nitrogen and oxygen atoms in total. The normalized spacial score (nSPS) is 22.3. The first kappa shape index (κ1) is 16.6. The van der Waals surface area contributed by atoms with Gasteiger partial charge >= 0.3 is 6.09 Å². The van der Waals surface area contributed by atoms with Crippen LogP contribution in [0.4, 0.5) is 4.79 Å². The first-order chi connectivity index (χ1) is 10.3. The van der Waals surface area contributed by atoms with E-state index < -0.39 is 5.60 Å². The summed E-state index contributed by atoms with van der Waals surface area (Å²) in [5, 5.41) is 0. The molecule has 22 heavy (non-hydrogen) atoms. The lowest BCUT2D eigenvalue weighted by Crippen LogP contribution is -2.44. The summed E-state index contributed by atoms with van der Waals surface area (Å²) >= 11 is 0. The number of piperidine rings is 1. The van der Waals surface area contributed by atoms with Gasteiger partial charge in [-0.15, -0.1) is 0 Å². The zero-order valence-corrected chi connectivity index (χ0v) is 14.1. The third-order valence-corrected chi connectivity index (χ3v) is 3.75. The smallest absolute Gasteiger partial charge is 0.410 e. The van der Waals surface area contributed by atoms with E-state index in [9.17, 15) is 4.79 Å². The molecule has 2 atom stereocenters. The van der Waals surface area contributed by atoms with Gasteiger partial charge in [-0.3, -0.25) is 0 Å². The number of amides is 1. The fraction of sp³-hybridized carbons (Fsp3) is 0.647. The molecule has 122 valence electrons. The van der Waals surface area contributed by atoms with Crippen molar-refractivity contribution in [2.24, 2.45) is 5.92 Å². The molecule has 0 saturated carbocycles. The number of carbonyl (C=O) groups is 1. The second kappa shape index (κ2) is 6.55. The molecule has 1 aliphatic heterocycles. The molecule has 0 unspecified atom stereocenters. The minimum atomic E-state index is -0.463. The molecular formula is C17H26N2O3. The number of nitrogens with zero attached hydrogens (tertiary/aromatic N) is 2. The first-order valence-electron chi connectivity index (χ1n) is 7.76. The molecule has 0 N–H and O–H groups in total. The zero-order chi connectivity index (χ0) is 16.3. The van der Waals surface area contributed by atoms with Crippen molar-refractivity contribution in [3.05, 3.63) is 23.9 Å². The minimum absolute atomic E-state index is 0.231. The molecule has 1 fully saturated rings. The van der Waals surface area contributed by atoms with Crippen molar-refractivity contribution < 1.29 is 14.3 Å². The summed E-state index contributed by atoms with van der Waals surface area (Å²) in [6.45, 7) is 9.26. The number of pyridine rings is 1. The van der Waals surface area contributed by atoms with Gasteiger partial charge in [-0.2, -0.15) is 0 Å². The summed E-state index contributed by atoms with van der Waals surface area (Å²) < 4.78 is 10.6. The van der Waals surface area contributed by atoms with Crippen molar-refractivity contribution in [2.75, 3.05) is 20.2 Å². The highest BCUT2D eigenvalue weighted by Crippen LogP contribution is 2.31. The van der Waals surface area contributed by atoms with Crippen molar-refractivity contribution in [3.63, 3.8) is 0 Å². The van der Waals surface area contributed by atoms with Gasteiger partial charge in [0.1, 0.15) is 5.60 Å². The van der Waals surface area contributed by atoms with E-state index in [2.05, 4.69) is 11.9 Å². The number of rotatable bonds is 2. The van der Waals surface area contributed by atoms with Gasteiger partial charge < -0.3 is 14.4 Å². The Morgan fingerprint density at radius 2 is 2.05 bits per heavy atom. The lowest BCUT2D eigenvalue weighted by atomic mass is 9.86. The van der Waals surface area contributed by atoms with Crippen molar-refractivity contribution in [2.45, 2.75) is 45.6 Å². The average Bonchev–Trinajstić information content (AvgIpc) is 2.45. The summed E-state index contributed by atoms with van der Waals surface area (Å²) in [4.78, 5) is 18.4. The molecule has 0 radical (unpaired) electrons. The Morgan fingerprint density at radius 3 is 2.59 bits per heavy atom. The minimum Gasteiger partial charge on any atom is -0.481 e. The van der Waals surface area contributed by atoms with Gasteiger partial charge in [0.2, 0.25) is 5.88 Å². The van der Waals surface area contributed by atoms with Crippen molar-refractivity contribution in [1.29, 1.82) is 0 Å². The van der Waals surface area contributed by atoms with E-state index in [1.165, 1.54) is 0 Å². The van der Waals surface area contributed by atoms with Crippen LogP contribution in [0.3, 0.4) is 0 Å². The number of hydrogen-bond acceptors (Lipinski definition) is 4. The molecule has 1 saturated heterocycles. The van der Waals surface area contributed by atoms with Crippen LogP contribution in [-0.2, 0) is 4.74 Å². The Hall–Kier alpha value is -1.78. The van der Waals surface area contributed by atoms with Gasteiger partial charge in [0.25, 0.3) is 0 Å². The molecule has 1 aliphatic rings. The van der Waals surface area contributed by atoms with Gasteiger partial charge in [0.05, 0.1) is 7.11 Å². The molecule has 1 amide bonds. The van der Waals surface area contributed by atoms with E-state index in [4.69, 9.17) is 9.47 Å². The highest BCUT2D eigenvalue weighted by Gasteiger charge is 2.31. The quantitative estimate of drug-likeness (QED) is 0.839. The molecule has 0 spiro atoms. The van der Waals surface area contributed by atoms with E-state index in [1.807, 2.05) is 44.0 Å². The lowest BCUT2D eigenvalue weighted by molar-refractivity contribution is 0.0151. The topological polar surface area (TPSA) is 51.7 Å². The van der Waals surface area contributed by atoms with Gasteiger partial charge in [-0.05, 0) is 38.7 Å². The third-order valence-electron chi connectivity index (χ3n) is 3.75. The molecule has 1 aromatic heterocycles. The van der Waals surface area contributed by atoms with E-state index in [0.29, 0.717) is 18.3 Å². The Morgan fingerprint density at radius 1 is 1.32 bits per heavy atom. The second-order valence-electron chi connectivity index (χ2n) is 7.06. The van der Waals surface area contributed by atoms with E-state index in [-0.39, 0.29) is 12.0 Å². The average molecular weight is 306 g/mol. The molecule has 2 rings (SSSR count). The molecule has 0 aliphatic carbocycles. The maximum absolute atomic E-state index is 12.3. The van der Waals surface area contributed by atoms with E-state index >= 15 is 0 Å². The lowest BCUT2D eigenvalue weighted by Gasteiger charge is -2.37. The summed E-state index contributed by atoms with van der Waals surface area (Å²) in [6, 6.07) is 3.90. The highest BCUT2D eigenvalue weighted by molar-refractivity contribution is 5.68. The Kier molecular flexibility index (Phi) is 4.94. The number of hydrogen-bond donors (Lipinski definition) is 0. The summed E-state index contributed by atoms with van der Waals surface area (Å²) in [5.41, 5.74) is 0.676. The Labute approximate surface area is 132 Å². The maximum Gasteiger partial charge on any atom is 0.410 e. The van der Waals surface area contributed by atoms with Crippen LogP contribution in [0.5, 0.6) is 5.88 Å². The number of ether oxygens (including phenoxy) is 2. The van der Waals surface area contributed by atoms with Gasteiger partial charge in [0, 0.05) is 31.3 Å². The number of likely N-dealkylation sites (tertiary alicyclic amines) is 1. The van der Waals surface area contributed by atoms with Gasteiger partial charge in [-0.25, -0.2) is 9.78 Å². The molecule has 0 aromatic carbocycles. The second-order valence-corrected chi connectivity index (χ2v) is 7.06. The first-order valence-corrected chi connectivity index (χ1v) is 7.76. The van der Waals surface area contributed by atoms with Crippen LogP contribution in [-0.4, -0.2) is 41.8 Å². The van der Waals surface area contributed by atoms with Gasteiger partial charge in [0.15, 0.2) is 0 Å². The van der Waals surface area contributed by atoms with E-state index in [1.54, 1.807) is 7.11 Å². The van der Waals surface area contributed by atoms with Crippen molar-refractivity contribution in [3.8, 4) is 5.88 Å². The van der Waals surface area contributed by atoms with Crippen LogP contribution in [0.1, 0.15) is 45.6 Å². The molecule has 2 heterocycles. The number of methoxy groups -OCH3 is 1. The molecular weight excluding hydrogens is 280 g/mol. The van der Waals surface area contributed by atoms with Crippen LogP contribution in [0.2, 0.25) is 0 Å². The monoisotopic (exact) mass is 306 g/mol. The van der Waals surface area contributed by atoms with E-state index in [0.717, 1.165) is 18.5 Å². The van der Waals surface area contributed by atoms with Crippen molar-refractivity contribution >= 4 is 6.09 Å². The predicted molar refractivity (Wildman–Crippen MR) is 85.1 cm³/mol. The third kappa shape index (κ3) is 4.36. The molecule has 1 aromatic rings. The maximum atomic E-state index is 12.3. The number of aromatic nitrogens is 1. The fourth-order valence-corrected chi connectivity index (χ4v) is 2.82. The number of carbonyl (C=O) groups excluding carboxylic acids is 1. The van der Waals surface area contributed by atoms with Crippen LogP contribution in [0.15, 0.2) is 18.3 Å². The van der Waals surface area contributed by atoms with Gasteiger partial charge in [-0.1, -0.05) is 13.0 Å². The van der Waals surface area contributed by atoms with Crippen LogP contribution in [0.25, 0.3) is 0 Å². The predicted octanol–water partition coefficient (Wildman–Crippen LogP) is 3.45. The molecule has 5 heteroatoms. The summed E-state index contributed by atoms with van der Waals surface area (Å²) in [7, 11) is 1.61. The Balaban J connectivity index is 2.08. The largest absolute Gasteiger partial charge is 0.481 e. The standard InChI is InChI=1S/C17H26N2O3/c1-12-8-14(13-6-7-15(21-5)18-9-13)11-19(10-12)16(20)22-17(2,3)4/h6-7,9,12,14H,8,10-11H2,1-5H3/t12-,14+/m1/s1. The highest BCUT2D eigenvalue weighted by atomic mass is 16.6. The van der Waals surface area contributed by atoms with Crippen molar-refractivity contribution in [1.82, 2.24) is 9.88 Å². The summed E-state index contributed by atoms with van der Waals surface area (Å²) in [6.07, 6.45) is 2.66. The van der Waals surface area contributed by atoms with Crippen LogP contribution in [0, 0.1) is 5.92 Å². The summed E-state index contributed by atoms with van der Waals surface area (Å²) in [5.74, 6) is 1.33. The van der Waals surface area contributed by atoms with Crippen LogP contribution < -0.4 is 4.74 Å². The SMILES string of the molecule is COc1ccc([C@H]2C[C@@H](C)CN(C(=O)OC(C)(C)C)C2)cn1. The Bertz CT molecular complexity index is 508. The zero-order valence-electron chi connectivity index (χ0n) is 14.1. The van der Waals surface area contributed by atoms with Crippen LogP contribution >= 0.6 is 0 Å².